The summed E-state index contributed by atoms with van der Waals surface area (Å²) in [4.78, 5) is 3.12. The SMILES string of the molecule is CCc1cc(CN(CCC(N)=S)C2CC2)n(CC)n1. The smallest absolute Gasteiger partial charge is 0.0740 e. The molecule has 1 aromatic rings. The predicted octanol–water partition coefficient (Wildman–Crippen LogP) is 2.11. The standard InChI is InChI=1S/C14H24N4S/c1-3-11-9-13(18(4-2)16-11)10-17(12-5-6-12)8-7-14(15)19/h9,12H,3-8,10H2,1-2H3,(H2,15,19). The number of nitrogens with zero attached hydrogens (tertiary/aromatic N) is 3. The van der Waals surface area contributed by atoms with Gasteiger partial charge in [-0.25, -0.2) is 0 Å². The Kier molecular flexibility index (Phi) is 4.93. The Morgan fingerprint density at radius 1 is 1.53 bits per heavy atom. The highest BCUT2D eigenvalue weighted by molar-refractivity contribution is 7.80. The molecule has 1 aliphatic rings. The molecular formula is C14H24N4S. The van der Waals surface area contributed by atoms with Crippen LogP contribution in [0.2, 0.25) is 0 Å². The molecule has 0 aliphatic heterocycles. The maximum absolute atomic E-state index is 5.62. The fraction of sp³-hybridized carbons (Fsp3) is 0.714. The molecule has 1 aromatic heterocycles. The van der Waals surface area contributed by atoms with Gasteiger partial charge in [0.2, 0.25) is 0 Å². The maximum Gasteiger partial charge on any atom is 0.0740 e. The molecule has 0 radical (unpaired) electrons. The predicted molar refractivity (Wildman–Crippen MR) is 82.1 cm³/mol. The van der Waals surface area contributed by atoms with E-state index in [1.54, 1.807) is 0 Å². The lowest BCUT2D eigenvalue weighted by Crippen LogP contribution is -2.30. The summed E-state index contributed by atoms with van der Waals surface area (Å²) in [5, 5.41) is 4.61. The third-order valence-corrected chi connectivity index (χ3v) is 3.85. The van der Waals surface area contributed by atoms with Gasteiger partial charge in [0.05, 0.1) is 16.4 Å². The van der Waals surface area contributed by atoms with Crippen molar-refractivity contribution in [2.24, 2.45) is 5.73 Å². The molecule has 106 valence electrons. The lowest BCUT2D eigenvalue weighted by molar-refractivity contribution is 0.254. The van der Waals surface area contributed by atoms with E-state index in [-0.39, 0.29) is 0 Å². The molecule has 1 saturated carbocycles. The van der Waals surface area contributed by atoms with Gasteiger partial charge in [-0.3, -0.25) is 9.58 Å². The number of rotatable bonds is 8. The number of aromatic nitrogens is 2. The van der Waals surface area contributed by atoms with Crippen LogP contribution in [0.4, 0.5) is 0 Å². The molecule has 2 N–H and O–H groups in total. The molecule has 1 fully saturated rings. The van der Waals surface area contributed by atoms with Crippen LogP contribution >= 0.6 is 12.2 Å². The average Bonchev–Trinajstić information content (AvgIpc) is 3.15. The van der Waals surface area contributed by atoms with E-state index in [9.17, 15) is 0 Å². The number of nitrogens with two attached hydrogens (primary N) is 1. The van der Waals surface area contributed by atoms with Crippen molar-refractivity contribution in [2.75, 3.05) is 6.54 Å². The Bertz CT molecular complexity index is 437. The highest BCUT2D eigenvalue weighted by atomic mass is 32.1. The van der Waals surface area contributed by atoms with Gasteiger partial charge in [0.15, 0.2) is 0 Å². The molecule has 4 nitrogen and oxygen atoms in total. The monoisotopic (exact) mass is 280 g/mol. The number of thiocarbonyl (C=S) groups is 1. The fourth-order valence-corrected chi connectivity index (χ4v) is 2.47. The van der Waals surface area contributed by atoms with Crippen LogP contribution in [0.1, 0.15) is 44.5 Å². The molecule has 0 aromatic carbocycles. The van der Waals surface area contributed by atoms with Crippen molar-refractivity contribution in [1.82, 2.24) is 14.7 Å². The van der Waals surface area contributed by atoms with Gasteiger partial charge in [0, 0.05) is 32.1 Å². The van der Waals surface area contributed by atoms with Gasteiger partial charge < -0.3 is 5.73 Å². The lowest BCUT2D eigenvalue weighted by atomic mass is 10.2. The quantitative estimate of drug-likeness (QED) is 0.741. The van der Waals surface area contributed by atoms with Crippen molar-refractivity contribution in [2.45, 2.75) is 58.7 Å². The molecule has 0 bridgehead atoms. The first-order chi connectivity index (χ1) is 9.13. The van der Waals surface area contributed by atoms with E-state index in [0.29, 0.717) is 4.99 Å². The Morgan fingerprint density at radius 2 is 2.26 bits per heavy atom. The van der Waals surface area contributed by atoms with Crippen molar-refractivity contribution >= 4 is 17.2 Å². The molecule has 2 rings (SSSR count). The second-order valence-corrected chi connectivity index (χ2v) is 5.74. The van der Waals surface area contributed by atoms with Crippen molar-refractivity contribution in [3.63, 3.8) is 0 Å². The van der Waals surface area contributed by atoms with E-state index in [1.807, 2.05) is 0 Å². The summed E-state index contributed by atoms with van der Waals surface area (Å²) in [5.74, 6) is 0. The zero-order chi connectivity index (χ0) is 13.8. The van der Waals surface area contributed by atoms with Gasteiger partial charge >= 0.3 is 0 Å². The van der Waals surface area contributed by atoms with E-state index in [2.05, 4.69) is 34.6 Å². The number of hydrogen-bond acceptors (Lipinski definition) is 3. The van der Waals surface area contributed by atoms with E-state index in [1.165, 1.54) is 24.2 Å². The molecule has 0 unspecified atom stereocenters. The van der Waals surface area contributed by atoms with E-state index in [0.717, 1.165) is 38.5 Å². The first-order valence-electron chi connectivity index (χ1n) is 7.22. The molecule has 19 heavy (non-hydrogen) atoms. The molecule has 0 amide bonds. The van der Waals surface area contributed by atoms with Gasteiger partial charge in [-0.2, -0.15) is 5.10 Å². The number of hydrogen-bond donors (Lipinski definition) is 1. The summed E-state index contributed by atoms with van der Waals surface area (Å²) >= 11 is 4.99. The normalized spacial score (nSPS) is 15.1. The molecule has 1 aliphatic carbocycles. The minimum Gasteiger partial charge on any atom is -0.393 e. The first-order valence-corrected chi connectivity index (χ1v) is 7.62. The van der Waals surface area contributed by atoms with Crippen LogP contribution in [-0.2, 0) is 19.5 Å². The summed E-state index contributed by atoms with van der Waals surface area (Å²) in [6, 6.07) is 2.96. The molecule has 0 atom stereocenters. The largest absolute Gasteiger partial charge is 0.393 e. The van der Waals surface area contributed by atoms with Crippen molar-refractivity contribution in [3.05, 3.63) is 17.5 Å². The minimum absolute atomic E-state index is 0.615. The highest BCUT2D eigenvalue weighted by Crippen LogP contribution is 2.28. The Labute approximate surface area is 121 Å². The van der Waals surface area contributed by atoms with Gasteiger partial charge in [-0.15, -0.1) is 0 Å². The second kappa shape index (κ2) is 6.48. The third kappa shape index (κ3) is 4.01. The van der Waals surface area contributed by atoms with E-state index >= 15 is 0 Å². The fourth-order valence-electron chi connectivity index (χ4n) is 2.38. The lowest BCUT2D eigenvalue weighted by Gasteiger charge is -2.21. The average molecular weight is 280 g/mol. The van der Waals surface area contributed by atoms with E-state index < -0.39 is 0 Å². The second-order valence-electron chi connectivity index (χ2n) is 5.21. The number of aryl methyl sites for hydroxylation is 2. The highest BCUT2D eigenvalue weighted by Gasteiger charge is 2.29. The molecule has 0 saturated heterocycles. The van der Waals surface area contributed by atoms with E-state index in [4.69, 9.17) is 18.0 Å². The van der Waals surface area contributed by atoms with Crippen LogP contribution < -0.4 is 5.73 Å². The van der Waals surface area contributed by atoms with Crippen LogP contribution in [0.3, 0.4) is 0 Å². The van der Waals surface area contributed by atoms with Crippen molar-refractivity contribution in [1.29, 1.82) is 0 Å². The minimum atomic E-state index is 0.615. The molecule has 0 spiro atoms. The van der Waals surface area contributed by atoms with Crippen molar-refractivity contribution < 1.29 is 0 Å². The van der Waals surface area contributed by atoms with Crippen molar-refractivity contribution in [3.8, 4) is 0 Å². The molecule has 5 heteroatoms. The third-order valence-electron chi connectivity index (χ3n) is 3.65. The zero-order valence-corrected chi connectivity index (χ0v) is 12.7. The zero-order valence-electron chi connectivity index (χ0n) is 11.9. The first kappa shape index (κ1) is 14.5. The van der Waals surface area contributed by atoms with Crippen LogP contribution in [0.15, 0.2) is 6.07 Å². The summed E-state index contributed by atoms with van der Waals surface area (Å²) in [6.45, 7) is 7.16. The Morgan fingerprint density at radius 3 is 2.79 bits per heavy atom. The van der Waals surface area contributed by atoms with Gasteiger partial charge in [-0.05, 0) is 32.3 Å². The summed E-state index contributed by atoms with van der Waals surface area (Å²) < 4.78 is 2.12. The maximum atomic E-state index is 5.62. The molecular weight excluding hydrogens is 256 g/mol. The summed E-state index contributed by atoms with van der Waals surface area (Å²) in [6.07, 6.45) is 4.42. The van der Waals surface area contributed by atoms with Crippen LogP contribution in [-0.4, -0.2) is 32.3 Å². The summed E-state index contributed by atoms with van der Waals surface area (Å²) in [5.41, 5.74) is 8.12. The Balaban J connectivity index is 2.03. The van der Waals surface area contributed by atoms with Gasteiger partial charge in [-0.1, -0.05) is 19.1 Å². The Hall–Kier alpha value is -0.940. The van der Waals surface area contributed by atoms with Crippen LogP contribution in [0.25, 0.3) is 0 Å². The topological polar surface area (TPSA) is 47.1 Å². The van der Waals surface area contributed by atoms with Crippen LogP contribution in [0, 0.1) is 0 Å². The van der Waals surface area contributed by atoms with Crippen LogP contribution in [0.5, 0.6) is 0 Å². The molecule has 1 heterocycles. The summed E-state index contributed by atoms with van der Waals surface area (Å²) in [7, 11) is 0. The van der Waals surface area contributed by atoms with Gasteiger partial charge in [0.25, 0.3) is 0 Å². The van der Waals surface area contributed by atoms with Gasteiger partial charge in [0.1, 0.15) is 0 Å².